The van der Waals surface area contributed by atoms with Gasteiger partial charge in [-0.3, -0.25) is 4.79 Å². The second-order valence-electron chi connectivity index (χ2n) is 5.96. The van der Waals surface area contributed by atoms with E-state index in [0.29, 0.717) is 6.42 Å². The Morgan fingerprint density at radius 1 is 1.21 bits per heavy atom. The fourth-order valence-electron chi connectivity index (χ4n) is 2.69. The molecule has 2 N–H and O–H groups in total. The predicted octanol–water partition coefficient (Wildman–Crippen LogP) is 2.12. The minimum Gasteiger partial charge on any atom is -0.369 e. The Kier molecular flexibility index (Phi) is 5.32. The van der Waals surface area contributed by atoms with Crippen molar-refractivity contribution >= 4 is 33.8 Å². The molecule has 0 radical (unpaired) electrons. The molecule has 1 aromatic heterocycles. The van der Waals surface area contributed by atoms with Gasteiger partial charge >= 0.3 is 0 Å². The van der Waals surface area contributed by atoms with Crippen LogP contribution in [0.15, 0.2) is 29.6 Å². The van der Waals surface area contributed by atoms with Crippen molar-refractivity contribution in [2.24, 2.45) is 0 Å². The van der Waals surface area contributed by atoms with Gasteiger partial charge in [-0.05, 0) is 31.3 Å². The van der Waals surface area contributed by atoms with Crippen molar-refractivity contribution < 1.29 is 4.79 Å². The number of benzene rings is 1. The number of amides is 1. The van der Waals surface area contributed by atoms with E-state index in [-0.39, 0.29) is 5.91 Å². The maximum absolute atomic E-state index is 12.1. The van der Waals surface area contributed by atoms with Crippen LogP contribution < -0.4 is 15.5 Å². The van der Waals surface area contributed by atoms with Gasteiger partial charge in [-0.1, -0.05) is 0 Å². The molecule has 24 heavy (non-hydrogen) atoms. The minimum absolute atomic E-state index is 0.0460. The highest BCUT2D eigenvalue weighted by Crippen LogP contribution is 2.20. The highest BCUT2D eigenvalue weighted by molar-refractivity contribution is 7.13. The van der Waals surface area contributed by atoms with Crippen LogP contribution in [-0.4, -0.2) is 56.1 Å². The van der Waals surface area contributed by atoms with E-state index in [4.69, 9.17) is 0 Å². The Morgan fingerprint density at radius 2 is 1.92 bits per heavy atom. The number of hydrogen-bond donors (Lipinski definition) is 2. The zero-order chi connectivity index (χ0) is 16.9. The zero-order valence-electron chi connectivity index (χ0n) is 14.1. The molecule has 0 spiro atoms. The number of carbonyl (C=O) groups excluding carboxylic acids is 1. The number of carbonyl (C=O) groups is 1. The van der Waals surface area contributed by atoms with Gasteiger partial charge in [0.15, 0.2) is 5.13 Å². The van der Waals surface area contributed by atoms with Crippen LogP contribution >= 0.6 is 11.3 Å². The van der Waals surface area contributed by atoms with Crippen LogP contribution in [0.1, 0.15) is 5.69 Å². The molecule has 0 bridgehead atoms. The van der Waals surface area contributed by atoms with Crippen LogP contribution in [0.5, 0.6) is 0 Å². The second kappa shape index (κ2) is 7.63. The molecule has 1 saturated heterocycles. The lowest BCUT2D eigenvalue weighted by atomic mass is 10.2. The molecule has 0 atom stereocenters. The lowest BCUT2D eigenvalue weighted by Gasteiger charge is -2.34. The molecule has 0 aliphatic carbocycles. The quantitative estimate of drug-likeness (QED) is 0.869. The molecule has 1 aromatic carbocycles. The number of nitrogens with zero attached hydrogens (tertiary/aromatic N) is 3. The average molecular weight is 345 g/mol. The Hall–Kier alpha value is -2.12. The number of likely N-dealkylation sites (N-methyl/N-ethyl adjacent to an activating group) is 1. The van der Waals surface area contributed by atoms with Crippen molar-refractivity contribution in [3.63, 3.8) is 0 Å². The summed E-state index contributed by atoms with van der Waals surface area (Å²) in [5, 5.41) is 8.64. The largest absolute Gasteiger partial charge is 0.369 e. The number of aromatic nitrogens is 1. The number of rotatable bonds is 5. The van der Waals surface area contributed by atoms with E-state index >= 15 is 0 Å². The van der Waals surface area contributed by atoms with Crippen LogP contribution in [-0.2, 0) is 11.2 Å². The number of anilines is 3. The molecule has 0 unspecified atom stereocenters. The fourth-order valence-corrected chi connectivity index (χ4v) is 3.36. The summed E-state index contributed by atoms with van der Waals surface area (Å²) in [5.41, 5.74) is 2.82. The maximum Gasteiger partial charge on any atom is 0.230 e. The van der Waals surface area contributed by atoms with Crippen molar-refractivity contribution in [1.82, 2.24) is 9.88 Å². The van der Waals surface area contributed by atoms with Crippen molar-refractivity contribution in [1.29, 1.82) is 0 Å². The standard InChI is InChI=1S/C17H23N5OS/c1-18-17-20-14(12-24-17)11-16(23)19-13-3-5-15(6-4-13)22-9-7-21(2)8-10-22/h3-6,12H,7-11H2,1-2H3,(H,18,20)(H,19,23). The van der Waals surface area contributed by atoms with Gasteiger partial charge in [0.05, 0.1) is 12.1 Å². The van der Waals surface area contributed by atoms with Gasteiger partial charge in [0, 0.05) is 50.0 Å². The first-order chi connectivity index (χ1) is 11.6. The maximum atomic E-state index is 12.1. The summed E-state index contributed by atoms with van der Waals surface area (Å²) in [6, 6.07) is 8.07. The first-order valence-corrected chi connectivity index (χ1v) is 8.97. The van der Waals surface area contributed by atoms with Gasteiger partial charge in [-0.25, -0.2) is 4.98 Å². The molecule has 1 amide bonds. The monoisotopic (exact) mass is 345 g/mol. The van der Waals surface area contributed by atoms with E-state index in [1.54, 1.807) is 0 Å². The molecule has 2 heterocycles. The first-order valence-electron chi connectivity index (χ1n) is 8.09. The summed E-state index contributed by atoms with van der Waals surface area (Å²) in [7, 11) is 3.97. The van der Waals surface area contributed by atoms with Crippen LogP contribution in [0, 0.1) is 0 Å². The third-order valence-corrected chi connectivity index (χ3v) is 5.04. The van der Waals surface area contributed by atoms with Gasteiger partial charge in [0.25, 0.3) is 0 Å². The molecular formula is C17H23N5OS. The lowest BCUT2D eigenvalue weighted by Crippen LogP contribution is -2.44. The third kappa shape index (κ3) is 4.24. The van der Waals surface area contributed by atoms with E-state index in [1.165, 1.54) is 17.0 Å². The number of nitrogens with one attached hydrogen (secondary N) is 2. The molecule has 2 aromatic rings. The lowest BCUT2D eigenvalue weighted by molar-refractivity contribution is -0.115. The van der Waals surface area contributed by atoms with Crippen LogP contribution in [0.25, 0.3) is 0 Å². The van der Waals surface area contributed by atoms with Crippen molar-refractivity contribution in [2.75, 3.05) is 55.8 Å². The Labute approximate surface area is 146 Å². The smallest absolute Gasteiger partial charge is 0.230 e. The van der Waals surface area contributed by atoms with E-state index in [9.17, 15) is 4.79 Å². The third-order valence-electron chi connectivity index (χ3n) is 4.13. The fraction of sp³-hybridized carbons (Fsp3) is 0.412. The van der Waals surface area contributed by atoms with E-state index in [0.717, 1.165) is 42.7 Å². The number of thiazole rings is 1. The van der Waals surface area contributed by atoms with E-state index < -0.39 is 0 Å². The SMILES string of the molecule is CNc1nc(CC(=O)Nc2ccc(N3CCN(C)CC3)cc2)cs1. The molecule has 128 valence electrons. The summed E-state index contributed by atoms with van der Waals surface area (Å²) in [6.45, 7) is 4.25. The molecular weight excluding hydrogens is 322 g/mol. The van der Waals surface area contributed by atoms with Gasteiger partial charge in [-0.2, -0.15) is 0 Å². The summed E-state index contributed by atoms with van der Waals surface area (Å²) in [4.78, 5) is 21.2. The topological polar surface area (TPSA) is 60.5 Å². The zero-order valence-corrected chi connectivity index (χ0v) is 14.9. The summed E-state index contributed by atoms with van der Waals surface area (Å²) < 4.78 is 0. The van der Waals surface area contributed by atoms with Crippen molar-refractivity contribution in [3.8, 4) is 0 Å². The van der Waals surface area contributed by atoms with Crippen LogP contribution in [0.4, 0.5) is 16.5 Å². The predicted molar refractivity (Wildman–Crippen MR) is 100 cm³/mol. The summed E-state index contributed by atoms with van der Waals surface area (Å²) in [5.74, 6) is -0.0460. The Bertz CT molecular complexity index is 677. The average Bonchev–Trinajstić information content (AvgIpc) is 3.04. The number of hydrogen-bond acceptors (Lipinski definition) is 6. The highest BCUT2D eigenvalue weighted by Gasteiger charge is 2.14. The molecule has 1 fully saturated rings. The first kappa shape index (κ1) is 16.7. The van der Waals surface area contributed by atoms with E-state index in [2.05, 4.69) is 44.6 Å². The van der Waals surface area contributed by atoms with Gasteiger partial charge in [-0.15, -0.1) is 11.3 Å². The van der Waals surface area contributed by atoms with Gasteiger partial charge in [0.2, 0.25) is 5.91 Å². The van der Waals surface area contributed by atoms with Crippen LogP contribution in [0.3, 0.4) is 0 Å². The molecule has 1 aliphatic heterocycles. The minimum atomic E-state index is -0.0460. The van der Waals surface area contributed by atoms with Crippen molar-refractivity contribution in [2.45, 2.75) is 6.42 Å². The van der Waals surface area contributed by atoms with Gasteiger partial charge < -0.3 is 20.4 Å². The van der Waals surface area contributed by atoms with Crippen LogP contribution in [0.2, 0.25) is 0 Å². The molecule has 3 rings (SSSR count). The summed E-state index contributed by atoms with van der Waals surface area (Å²) in [6.07, 6.45) is 0.290. The Balaban J connectivity index is 1.54. The summed E-state index contributed by atoms with van der Waals surface area (Å²) >= 11 is 1.50. The molecule has 0 saturated carbocycles. The van der Waals surface area contributed by atoms with Gasteiger partial charge in [0.1, 0.15) is 0 Å². The highest BCUT2D eigenvalue weighted by atomic mass is 32.1. The second-order valence-corrected chi connectivity index (χ2v) is 6.81. The molecule has 6 nitrogen and oxygen atoms in total. The number of piperazine rings is 1. The molecule has 7 heteroatoms. The van der Waals surface area contributed by atoms with Crippen molar-refractivity contribution in [3.05, 3.63) is 35.3 Å². The molecule has 1 aliphatic rings. The normalized spacial score (nSPS) is 15.3. The Morgan fingerprint density at radius 3 is 2.54 bits per heavy atom. The van der Waals surface area contributed by atoms with E-state index in [1.807, 2.05) is 24.6 Å².